The van der Waals surface area contributed by atoms with Crippen LogP contribution in [0.4, 0.5) is 10.1 Å². The molecule has 1 atom stereocenters. The highest BCUT2D eigenvalue weighted by molar-refractivity contribution is 5.82. The quantitative estimate of drug-likeness (QED) is 0.742. The van der Waals surface area contributed by atoms with E-state index in [2.05, 4.69) is 10.3 Å². The fourth-order valence-corrected chi connectivity index (χ4v) is 2.80. The van der Waals surface area contributed by atoms with Crippen molar-refractivity contribution in [3.05, 3.63) is 84.2 Å². The van der Waals surface area contributed by atoms with Crippen LogP contribution in [0.15, 0.2) is 67.0 Å². The molecule has 0 radical (unpaired) electrons. The summed E-state index contributed by atoms with van der Waals surface area (Å²) < 4.78 is 15.1. The van der Waals surface area contributed by atoms with Crippen LogP contribution < -0.4 is 10.2 Å². The van der Waals surface area contributed by atoms with Crippen molar-refractivity contribution >= 4 is 11.6 Å². The van der Waals surface area contributed by atoms with E-state index in [1.54, 1.807) is 18.3 Å². The summed E-state index contributed by atoms with van der Waals surface area (Å²) in [6.45, 7) is 0.201. The SMILES string of the molecule is CN(CC(=O)NC(c1ccc(F)cc1)c1nccn1C)c1ccccc1. The third-order valence-electron chi connectivity index (χ3n) is 4.20. The maximum Gasteiger partial charge on any atom is 0.240 e. The molecule has 1 N–H and O–H groups in total. The summed E-state index contributed by atoms with van der Waals surface area (Å²) in [7, 11) is 3.73. The number of para-hydroxylation sites is 1. The van der Waals surface area contributed by atoms with E-state index in [0.717, 1.165) is 11.3 Å². The molecule has 5 nitrogen and oxygen atoms in total. The van der Waals surface area contributed by atoms with Crippen molar-refractivity contribution in [3.8, 4) is 0 Å². The molecule has 1 amide bonds. The van der Waals surface area contributed by atoms with Crippen LogP contribution in [-0.4, -0.2) is 29.1 Å². The number of benzene rings is 2. The minimum Gasteiger partial charge on any atom is -0.365 e. The molecular formula is C20H21FN4O. The third kappa shape index (κ3) is 4.08. The van der Waals surface area contributed by atoms with Gasteiger partial charge in [0.2, 0.25) is 5.91 Å². The van der Waals surface area contributed by atoms with Gasteiger partial charge in [-0.1, -0.05) is 30.3 Å². The third-order valence-corrected chi connectivity index (χ3v) is 4.20. The van der Waals surface area contributed by atoms with Crippen molar-refractivity contribution in [3.63, 3.8) is 0 Å². The maximum absolute atomic E-state index is 13.3. The van der Waals surface area contributed by atoms with Crippen LogP contribution in [0, 0.1) is 5.82 Å². The second-order valence-electron chi connectivity index (χ2n) is 6.14. The molecule has 6 heteroatoms. The number of likely N-dealkylation sites (N-methyl/N-ethyl adjacent to an activating group) is 1. The Labute approximate surface area is 152 Å². The summed E-state index contributed by atoms with van der Waals surface area (Å²) in [6, 6.07) is 15.3. The van der Waals surface area contributed by atoms with Crippen LogP contribution in [-0.2, 0) is 11.8 Å². The normalized spacial score (nSPS) is 11.8. The van der Waals surface area contributed by atoms with Crippen LogP contribution in [0.5, 0.6) is 0 Å². The van der Waals surface area contributed by atoms with E-state index in [0.29, 0.717) is 5.82 Å². The first kappa shape index (κ1) is 17.7. The Hall–Kier alpha value is -3.15. The summed E-state index contributed by atoms with van der Waals surface area (Å²) in [4.78, 5) is 18.8. The summed E-state index contributed by atoms with van der Waals surface area (Å²) >= 11 is 0. The van der Waals surface area contributed by atoms with Crippen LogP contribution in [0.3, 0.4) is 0 Å². The highest BCUT2D eigenvalue weighted by atomic mass is 19.1. The van der Waals surface area contributed by atoms with Gasteiger partial charge in [0.05, 0.1) is 6.54 Å². The zero-order chi connectivity index (χ0) is 18.5. The van der Waals surface area contributed by atoms with Crippen molar-refractivity contribution in [2.75, 3.05) is 18.5 Å². The standard InChI is InChI=1S/C20H21FN4O/c1-24-13-12-22-20(24)19(15-8-10-16(21)11-9-15)23-18(26)14-25(2)17-6-4-3-5-7-17/h3-13,19H,14H2,1-2H3,(H,23,26). The predicted molar refractivity (Wildman–Crippen MR) is 99.3 cm³/mol. The lowest BCUT2D eigenvalue weighted by molar-refractivity contribution is -0.120. The lowest BCUT2D eigenvalue weighted by Crippen LogP contribution is -2.38. The molecule has 3 aromatic rings. The molecule has 2 aromatic carbocycles. The molecule has 0 aliphatic rings. The topological polar surface area (TPSA) is 50.2 Å². The molecule has 1 heterocycles. The summed E-state index contributed by atoms with van der Waals surface area (Å²) in [5, 5.41) is 3.01. The Morgan fingerprint density at radius 1 is 1.19 bits per heavy atom. The molecule has 0 aliphatic heterocycles. The van der Waals surface area contributed by atoms with Crippen molar-refractivity contribution < 1.29 is 9.18 Å². The van der Waals surface area contributed by atoms with E-state index in [1.807, 2.05) is 60.1 Å². The minimum atomic E-state index is -0.452. The van der Waals surface area contributed by atoms with Crippen LogP contribution in [0.2, 0.25) is 0 Å². The number of imidazole rings is 1. The number of amides is 1. The van der Waals surface area contributed by atoms with E-state index >= 15 is 0 Å². The highest BCUT2D eigenvalue weighted by Gasteiger charge is 2.21. The van der Waals surface area contributed by atoms with E-state index in [4.69, 9.17) is 0 Å². The molecule has 1 aromatic heterocycles. The molecular weight excluding hydrogens is 331 g/mol. The Morgan fingerprint density at radius 3 is 2.50 bits per heavy atom. The van der Waals surface area contributed by atoms with Gasteiger partial charge >= 0.3 is 0 Å². The van der Waals surface area contributed by atoms with E-state index < -0.39 is 6.04 Å². The first-order valence-corrected chi connectivity index (χ1v) is 8.33. The first-order chi connectivity index (χ1) is 12.5. The number of aryl methyl sites for hydroxylation is 1. The number of nitrogens with one attached hydrogen (secondary N) is 1. The number of halogens is 1. The van der Waals surface area contributed by atoms with Gasteiger partial charge in [0.15, 0.2) is 0 Å². The molecule has 0 saturated carbocycles. The zero-order valence-electron chi connectivity index (χ0n) is 14.8. The Balaban J connectivity index is 1.78. The molecule has 134 valence electrons. The van der Waals surface area contributed by atoms with Crippen LogP contribution >= 0.6 is 0 Å². The fraction of sp³-hybridized carbons (Fsp3) is 0.200. The predicted octanol–water partition coefficient (Wildman–Crippen LogP) is 2.90. The molecule has 0 spiro atoms. The second kappa shape index (κ2) is 7.82. The Kier molecular flexibility index (Phi) is 5.31. The van der Waals surface area contributed by atoms with Crippen molar-refractivity contribution in [2.24, 2.45) is 7.05 Å². The summed E-state index contributed by atoms with van der Waals surface area (Å²) in [6.07, 6.45) is 3.49. The zero-order valence-corrected chi connectivity index (χ0v) is 14.8. The van der Waals surface area contributed by atoms with Gasteiger partial charge in [0.25, 0.3) is 0 Å². The monoisotopic (exact) mass is 352 g/mol. The minimum absolute atomic E-state index is 0.145. The highest BCUT2D eigenvalue weighted by Crippen LogP contribution is 2.21. The number of anilines is 1. The first-order valence-electron chi connectivity index (χ1n) is 8.33. The van der Waals surface area contributed by atoms with Gasteiger partial charge in [-0.05, 0) is 29.8 Å². The van der Waals surface area contributed by atoms with Crippen LogP contribution in [0.25, 0.3) is 0 Å². The Bertz CT molecular complexity index is 861. The lowest BCUT2D eigenvalue weighted by atomic mass is 10.1. The number of aromatic nitrogens is 2. The van der Waals surface area contributed by atoms with Crippen molar-refractivity contribution in [2.45, 2.75) is 6.04 Å². The van der Waals surface area contributed by atoms with Gasteiger partial charge in [-0.3, -0.25) is 4.79 Å². The number of carbonyl (C=O) groups is 1. The molecule has 0 fully saturated rings. The lowest BCUT2D eigenvalue weighted by Gasteiger charge is -2.23. The number of hydrogen-bond donors (Lipinski definition) is 1. The molecule has 26 heavy (non-hydrogen) atoms. The fourth-order valence-electron chi connectivity index (χ4n) is 2.80. The van der Waals surface area contributed by atoms with Crippen molar-refractivity contribution in [1.82, 2.24) is 14.9 Å². The van der Waals surface area contributed by atoms with E-state index in [-0.39, 0.29) is 18.3 Å². The average molecular weight is 352 g/mol. The molecule has 3 rings (SSSR count). The average Bonchev–Trinajstić information content (AvgIpc) is 3.07. The van der Waals surface area contributed by atoms with Gasteiger partial charge in [0.1, 0.15) is 17.7 Å². The molecule has 0 aliphatic carbocycles. The van der Waals surface area contributed by atoms with E-state index in [1.165, 1.54) is 12.1 Å². The molecule has 0 bridgehead atoms. The summed E-state index contributed by atoms with van der Waals surface area (Å²) in [5.74, 6) is 0.225. The number of carbonyl (C=O) groups excluding carboxylic acids is 1. The van der Waals surface area contributed by atoms with Gasteiger partial charge in [-0.15, -0.1) is 0 Å². The van der Waals surface area contributed by atoms with Crippen LogP contribution in [0.1, 0.15) is 17.4 Å². The summed E-state index contributed by atoms with van der Waals surface area (Å²) in [5.41, 5.74) is 1.73. The van der Waals surface area contributed by atoms with Gasteiger partial charge < -0.3 is 14.8 Å². The molecule has 0 saturated heterocycles. The van der Waals surface area contributed by atoms with Crippen molar-refractivity contribution in [1.29, 1.82) is 0 Å². The smallest absolute Gasteiger partial charge is 0.240 e. The largest absolute Gasteiger partial charge is 0.365 e. The number of rotatable bonds is 6. The number of nitrogens with zero attached hydrogens (tertiary/aromatic N) is 3. The molecule has 1 unspecified atom stereocenters. The Morgan fingerprint density at radius 2 is 1.88 bits per heavy atom. The number of hydrogen-bond acceptors (Lipinski definition) is 3. The van der Waals surface area contributed by atoms with Gasteiger partial charge in [-0.2, -0.15) is 0 Å². The second-order valence-corrected chi connectivity index (χ2v) is 6.14. The maximum atomic E-state index is 13.3. The van der Waals surface area contributed by atoms with E-state index in [9.17, 15) is 9.18 Å². The van der Waals surface area contributed by atoms with Gasteiger partial charge in [0, 0.05) is 32.2 Å². The van der Waals surface area contributed by atoms with Gasteiger partial charge in [-0.25, -0.2) is 9.37 Å².